The van der Waals surface area contributed by atoms with Crippen LogP contribution in [0.2, 0.25) is 5.02 Å². The monoisotopic (exact) mass is 288 g/mol. The number of aryl methyl sites for hydroxylation is 1. The molecule has 1 heterocycles. The molecule has 3 rings (SSSR count). The molecule has 0 saturated carbocycles. The molecule has 1 unspecified atom stereocenters. The summed E-state index contributed by atoms with van der Waals surface area (Å²) < 4.78 is 5.68. The van der Waals surface area contributed by atoms with E-state index in [1.54, 1.807) is 0 Å². The van der Waals surface area contributed by atoms with E-state index in [9.17, 15) is 5.11 Å². The highest BCUT2D eigenvalue weighted by atomic mass is 35.5. The Morgan fingerprint density at radius 3 is 2.95 bits per heavy atom. The largest absolute Gasteiger partial charge is 0.493 e. The van der Waals surface area contributed by atoms with E-state index in [1.807, 2.05) is 43.3 Å². The number of halogens is 1. The Bertz CT molecular complexity index is 637. The zero-order valence-electron chi connectivity index (χ0n) is 11.4. The van der Waals surface area contributed by atoms with Crippen molar-refractivity contribution in [1.29, 1.82) is 0 Å². The zero-order chi connectivity index (χ0) is 14.1. The first-order valence-electron chi connectivity index (χ1n) is 6.82. The molecule has 0 bridgehead atoms. The fourth-order valence-corrected chi connectivity index (χ4v) is 2.96. The van der Waals surface area contributed by atoms with Gasteiger partial charge in [-0.05, 0) is 35.7 Å². The Hall–Kier alpha value is -1.51. The molecule has 0 spiro atoms. The van der Waals surface area contributed by atoms with E-state index in [4.69, 9.17) is 16.3 Å². The number of rotatable bonds is 3. The number of benzene rings is 2. The number of hydrogen-bond donors (Lipinski definition) is 1. The van der Waals surface area contributed by atoms with Gasteiger partial charge in [0.05, 0.1) is 12.7 Å². The highest BCUT2D eigenvalue weighted by Crippen LogP contribution is 2.35. The summed E-state index contributed by atoms with van der Waals surface area (Å²) in [5.74, 6) is 0.904. The molecule has 20 heavy (non-hydrogen) atoms. The van der Waals surface area contributed by atoms with E-state index in [-0.39, 0.29) is 0 Å². The minimum absolute atomic E-state index is 0.520. The van der Waals surface area contributed by atoms with Crippen LogP contribution in [0.4, 0.5) is 0 Å². The third-order valence-electron chi connectivity index (χ3n) is 3.67. The van der Waals surface area contributed by atoms with Gasteiger partial charge in [-0.25, -0.2) is 0 Å². The maximum atomic E-state index is 10.4. The van der Waals surface area contributed by atoms with Crippen molar-refractivity contribution in [3.8, 4) is 5.75 Å². The highest BCUT2D eigenvalue weighted by Gasteiger charge is 2.20. The molecule has 0 amide bonds. The molecule has 0 saturated heterocycles. The van der Waals surface area contributed by atoms with Crippen LogP contribution in [0.25, 0.3) is 0 Å². The molecule has 2 aromatic rings. The van der Waals surface area contributed by atoms with Gasteiger partial charge >= 0.3 is 0 Å². The Balaban J connectivity index is 1.88. The minimum Gasteiger partial charge on any atom is -0.493 e. The number of hydrogen-bond acceptors (Lipinski definition) is 2. The lowest BCUT2D eigenvalue weighted by atomic mass is 9.98. The second kappa shape index (κ2) is 5.47. The van der Waals surface area contributed by atoms with Crippen molar-refractivity contribution < 1.29 is 9.84 Å². The van der Waals surface area contributed by atoms with Gasteiger partial charge in [0.15, 0.2) is 0 Å². The van der Waals surface area contributed by atoms with E-state index in [0.29, 0.717) is 18.1 Å². The number of fused-ring (bicyclic) bond motifs is 1. The fourth-order valence-electron chi connectivity index (χ4n) is 2.70. The topological polar surface area (TPSA) is 29.5 Å². The molecular formula is C17H17ClO2. The van der Waals surface area contributed by atoms with Gasteiger partial charge in [-0.2, -0.15) is 0 Å². The molecule has 3 heteroatoms. The van der Waals surface area contributed by atoms with Crippen LogP contribution in [0, 0.1) is 6.92 Å². The lowest BCUT2D eigenvalue weighted by molar-refractivity contribution is 0.177. The molecule has 1 atom stereocenters. The first-order chi connectivity index (χ1) is 9.63. The molecule has 1 aliphatic rings. The van der Waals surface area contributed by atoms with Crippen molar-refractivity contribution in [3.05, 3.63) is 63.7 Å². The van der Waals surface area contributed by atoms with Gasteiger partial charge in [0.2, 0.25) is 0 Å². The summed E-state index contributed by atoms with van der Waals surface area (Å²) in [6.07, 6.45) is 0.872. The van der Waals surface area contributed by atoms with Crippen LogP contribution in [0.5, 0.6) is 5.75 Å². The van der Waals surface area contributed by atoms with Crippen molar-refractivity contribution in [2.75, 3.05) is 6.61 Å². The third-order valence-corrected chi connectivity index (χ3v) is 3.88. The summed E-state index contributed by atoms with van der Waals surface area (Å²) in [5, 5.41) is 11.1. The summed E-state index contributed by atoms with van der Waals surface area (Å²) in [4.78, 5) is 0. The van der Waals surface area contributed by atoms with Gasteiger partial charge in [0.1, 0.15) is 5.75 Å². The second-order valence-corrected chi connectivity index (χ2v) is 5.72. The summed E-state index contributed by atoms with van der Waals surface area (Å²) in [6.45, 7) is 2.72. The number of ether oxygens (including phenoxy) is 1. The molecule has 104 valence electrons. The predicted molar refractivity (Wildman–Crippen MR) is 80.5 cm³/mol. The van der Waals surface area contributed by atoms with Crippen molar-refractivity contribution >= 4 is 11.6 Å². The molecular weight excluding hydrogens is 272 g/mol. The molecule has 0 fully saturated rings. The average Bonchev–Trinajstić information content (AvgIpc) is 2.86. The van der Waals surface area contributed by atoms with Crippen molar-refractivity contribution in [3.63, 3.8) is 0 Å². The van der Waals surface area contributed by atoms with Gasteiger partial charge in [-0.15, -0.1) is 0 Å². The van der Waals surface area contributed by atoms with Crippen LogP contribution in [-0.2, 0) is 12.8 Å². The summed E-state index contributed by atoms with van der Waals surface area (Å²) in [6, 6.07) is 11.8. The van der Waals surface area contributed by atoms with Crippen LogP contribution in [0.3, 0.4) is 0 Å². The third kappa shape index (κ3) is 2.67. The lowest BCUT2D eigenvalue weighted by Gasteiger charge is -2.14. The quantitative estimate of drug-likeness (QED) is 0.929. The Labute approximate surface area is 124 Å². The van der Waals surface area contributed by atoms with Gasteiger partial charge in [0.25, 0.3) is 0 Å². The molecule has 2 aromatic carbocycles. The molecule has 2 nitrogen and oxygen atoms in total. The fraction of sp³-hybridized carbons (Fsp3) is 0.294. The summed E-state index contributed by atoms with van der Waals surface area (Å²) in [5.41, 5.74) is 4.20. The first-order valence-corrected chi connectivity index (χ1v) is 7.20. The molecule has 0 radical (unpaired) electrons. The summed E-state index contributed by atoms with van der Waals surface area (Å²) >= 11 is 6.15. The maximum absolute atomic E-state index is 10.4. The highest BCUT2D eigenvalue weighted by molar-refractivity contribution is 6.30. The standard InChI is InChI=1S/C17H17ClO2/c1-11-3-2-4-12(7-11)16(19)10-14-9-15(18)8-13-5-6-20-17(13)14/h2-4,7-9,16,19H,5-6,10H2,1H3. The minimum atomic E-state index is -0.540. The van der Waals surface area contributed by atoms with E-state index >= 15 is 0 Å². The Morgan fingerprint density at radius 1 is 1.30 bits per heavy atom. The lowest BCUT2D eigenvalue weighted by Crippen LogP contribution is -2.03. The number of aliphatic hydroxyl groups excluding tert-OH is 1. The second-order valence-electron chi connectivity index (χ2n) is 5.29. The molecule has 0 aliphatic carbocycles. The van der Waals surface area contributed by atoms with Gasteiger partial charge in [0, 0.05) is 17.9 Å². The first kappa shape index (κ1) is 13.5. The van der Waals surface area contributed by atoms with Crippen LogP contribution < -0.4 is 4.74 Å². The average molecular weight is 289 g/mol. The Morgan fingerprint density at radius 2 is 2.15 bits per heavy atom. The molecule has 0 aromatic heterocycles. The zero-order valence-corrected chi connectivity index (χ0v) is 12.2. The van der Waals surface area contributed by atoms with E-state index in [1.165, 1.54) is 0 Å². The molecule has 1 N–H and O–H groups in total. The van der Waals surface area contributed by atoms with Gasteiger partial charge in [-0.1, -0.05) is 41.4 Å². The van der Waals surface area contributed by atoms with Crippen LogP contribution in [0.1, 0.15) is 28.4 Å². The van der Waals surface area contributed by atoms with Crippen LogP contribution in [0.15, 0.2) is 36.4 Å². The van der Waals surface area contributed by atoms with E-state index in [0.717, 1.165) is 34.4 Å². The van der Waals surface area contributed by atoms with Crippen LogP contribution in [-0.4, -0.2) is 11.7 Å². The van der Waals surface area contributed by atoms with Gasteiger partial charge < -0.3 is 9.84 Å². The summed E-state index contributed by atoms with van der Waals surface area (Å²) in [7, 11) is 0. The van der Waals surface area contributed by atoms with E-state index < -0.39 is 6.10 Å². The SMILES string of the molecule is Cc1cccc(C(O)Cc2cc(Cl)cc3c2OCC3)c1. The smallest absolute Gasteiger partial charge is 0.126 e. The van der Waals surface area contributed by atoms with Crippen molar-refractivity contribution in [2.45, 2.75) is 25.9 Å². The molecule has 1 aliphatic heterocycles. The van der Waals surface area contributed by atoms with Gasteiger partial charge in [-0.3, -0.25) is 0 Å². The van der Waals surface area contributed by atoms with Crippen LogP contribution >= 0.6 is 11.6 Å². The number of aliphatic hydroxyl groups is 1. The predicted octanol–water partition coefficient (Wildman–Crippen LogP) is 3.86. The Kier molecular flexibility index (Phi) is 3.68. The van der Waals surface area contributed by atoms with Crippen molar-refractivity contribution in [2.24, 2.45) is 0 Å². The normalized spacial score (nSPS) is 14.8. The van der Waals surface area contributed by atoms with E-state index in [2.05, 4.69) is 0 Å². The van der Waals surface area contributed by atoms with Crippen molar-refractivity contribution in [1.82, 2.24) is 0 Å². The maximum Gasteiger partial charge on any atom is 0.126 e.